The van der Waals surface area contributed by atoms with Gasteiger partial charge in [0.2, 0.25) is 0 Å². The summed E-state index contributed by atoms with van der Waals surface area (Å²) in [6.07, 6.45) is 0. The summed E-state index contributed by atoms with van der Waals surface area (Å²) < 4.78 is 5.40. The number of hydrogen-bond acceptors (Lipinski definition) is 3. The van der Waals surface area contributed by atoms with Crippen molar-refractivity contribution in [3.05, 3.63) is 57.6 Å². The first-order valence-corrected chi connectivity index (χ1v) is 7.13. The molecule has 1 N–H and O–H groups in total. The highest BCUT2D eigenvalue weighted by Crippen LogP contribution is 2.25. The minimum atomic E-state index is -0.406. The molecule has 0 heterocycles. The summed E-state index contributed by atoms with van der Waals surface area (Å²) in [5, 5.41) is 12.5. The quantitative estimate of drug-likeness (QED) is 0.911. The highest BCUT2D eigenvalue weighted by Gasteiger charge is 2.10. The Bertz CT molecular complexity index is 754. The van der Waals surface area contributed by atoms with Crippen molar-refractivity contribution in [2.45, 2.75) is 6.92 Å². The standard InChI is InChI=1S/C16H12Cl2N2O2/c1-10-2-5-13(18)15(6-10)22-9-16(21)20-14-7-12(17)4-3-11(14)8-19/h2-7H,9H2,1H3,(H,20,21). The smallest absolute Gasteiger partial charge is 0.262 e. The molecule has 0 aliphatic heterocycles. The van der Waals surface area contributed by atoms with E-state index in [1.165, 1.54) is 12.1 Å². The third-order valence-corrected chi connectivity index (χ3v) is 3.37. The van der Waals surface area contributed by atoms with E-state index in [4.69, 9.17) is 33.2 Å². The van der Waals surface area contributed by atoms with Crippen molar-refractivity contribution in [3.63, 3.8) is 0 Å². The van der Waals surface area contributed by atoms with Gasteiger partial charge < -0.3 is 10.1 Å². The molecule has 2 aromatic rings. The molecule has 0 aliphatic carbocycles. The van der Waals surface area contributed by atoms with Crippen LogP contribution in [0.2, 0.25) is 10.0 Å². The predicted molar refractivity (Wildman–Crippen MR) is 86.5 cm³/mol. The average Bonchev–Trinajstić information content (AvgIpc) is 2.48. The van der Waals surface area contributed by atoms with Crippen molar-refractivity contribution in [2.24, 2.45) is 0 Å². The molecule has 112 valence electrons. The van der Waals surface area contributed by atoms with E-state index in [-0.39, 0.29) is 6.61 Å². The highest BCUT2D eigenvalue weighted by molar-refractivity contribution is 6.32. The second-order valence-electron chi connectivity index (χ2n) is 4.57. The Labute approximate surface area is 138 Å². The molecule has 0 bridgehead atoms. The van der Waals surface area contributed by atoms with Gasteiger partial charge in [-0.25, -0.2) is 0 Å². The molecule has 2 aromatic carbocycles. The molecule has 6 heteroatoms. The summed E-state index contributed by atoms with van der Waals surface area (Å²) in [6, 6.07) is 11.9. The summed E-state index contributed by atoms with van der Waals surface area (Å²) in [6.45, 7) is 1.68. The molecule has 0 atom stereocenters. The van der Waals surface area contributed by atoms with E-state index in [0.717, 1.165) is 5.56 Å². The summed E-state index contributed by atoms with van der Waals surface area (Å²) in [5.74, 6) is 0.0276. The van der Waals surface area contributed by atoms with Gasteiger partial charge in [0.15, 0.2) is 6.61 Å². The Hall–Kier alpha value is -2.22. The van der Waals surface area contributed by atoms with Crippen LogP contribution in [0.4, 0.5) is 5.69 Å². The van der Waals surface area contributed by atoms with Gasteiger partial charge >= 0.3 is 0 Å². The van der Waals surface area contributed by atoms with Crippen molar-refractivity contribution in [2.75, 3.05) is 11.9 Å². The van der Waals surface area contributed by atoms with Crippen LogP contribution in [-0.2, 0) is 4.79 Å². The molecule has 1 amide bonds. The summed E-state index contributed by atoms with van der Waals surface area (Å²) >= 11 is 11.9. The molecule has 0 unspecified atom stereocenters. The molecular weight excluding hydrogens is 323 g/mol. The molecule has 0 aromatic heterocycles. The van der Waals surface area contributed by atoms with E-state index in [1.54, 1.807) is 18.2 Å². The largest absolute Gasteiger partial charge is 0.482 e. The maximum Gasteiger partial charge on any atom is 0.262 e. The Balaban J connectivity index is 2.03. The lowest BCUT2D eigenvalue weighted by atomic mass is 10.2. The van der Waals surface area contributed by atoms with Crippen LogP contribution in [0.3, 0.4) is 0 Å². The van der Waals surface area contributed by atoms with E-state index < -0.39 is 5.91 Å². The number of amides is 1. The van der Waals surface area contributed by atoms with Crippen LogP contribution < -0.4 is 10.1 Å². The Morgan fingerprint density at radius 1 is 1.27 bits per heavy atom. The van der Waals surface area contributed by atoms with Gasteiger partial charge in [0.05, 0.1) is 16.3 Å². The molecule has 0 aliphatic rings. The second kappa shape index (κ2) is 7.17. The zero-order valence-corrected chi connectivity index (χ0v) is 13.2. The van der Waals surface area contributed by atoms with E-state index in [2.05, 4.69) is 5.32 Å². The van der Waals surface area contributed by atoms with Crippen LogP contribution in [0.1, 0.15) is 11.1 Å². The first-order chi connectivity index (χ1) is 10.5. The van der Waals surface area contributed by atoms with E-state index in [0.29, 0.717) is 27.0 Å². The molecule has 0 saturated heterocycles. The van der Waals surface area contributed by atoms with E-state index in [1.807, 2.05) is 19.1 Å². The van der Waals surface area contributed by atoms with Gasteiger partial charge in [-0.05, 0) is 42.8 Å². The molecular formula is C16H12Cl2N2O2. The van der Waals surface area contributed by atoms with Gasteiger partial charge in [-0.1, -0.05) is 29.3 Å². The van der Waals surface area contributed by atoms with Crippen molar-refractivity contribution >= 4 is 34.8 Å². The number of anilines is 1. The third kappa shape index (κ3) is 4.14. The van der Waals surface area contributed by atoms with Crippen molar-refractivity contribution in [1.82, 2.24) is 0 Å². The molecule has 0 saturated carbocycles. The van der Waals surface area contributed by atoms with Gasteiger partial charge in [0, 0.05) is 5.02 Å². The second-order valence-corrected chi connectivity index (χ2v) is 5.42. The number of rotatable bonds is 4. The van der Waals surface area contributed by atoms with Crippen molar-refractivity contribution < 1.29 is 9.53 Å². The number of nitriles is 1. The number of ether oxygens (including phenoxy) is 1. The van der Waals surface area contributed by atoms with Crippen molar-refractivity contribution in [1.29, 1.82) is 5.26 Å². The first-order valence-electron chi connectivity index (χ1n) is 6.38. The number of hydrogen-bond donors (Lipinski definition) is 1. The predicted octanol–water partition coefficient (Wildman–Crippen LogP) is 4.19. The molecule has 22 heavy (non-hydrogen) atoms. The number of nitrogens with one attached hydrogen (secondary N) is 1. The summed E-state index contributed by atoms with van der Waals surface area (Å²) in [5.41, 5.74) is 1.65. The van der Waals surface area contributed by atoms with Gasteiger partial charge in [-0.2, -0.15) is 5.26 Å². The molecule has 4 nitrogen and oxygen atoms in total. The van der Waals surface area contributed by atoms with Crippen LogP contribution in [-0.4, -0.2) is 12.5 Å². The maximum absolute atomic E-state index is 11.9. The van der Waals surface area contributed by atoms with E-state index >= 15 is 0 Å². The number of carbonyl (C=O) groups is 1. The zero-order valence-electron chi connectivity index (χ0n) is 11.7. The first kappa shape index (κ1) is 16.2. The van der Waals surface area contributed by atoms with Crippen LogP contribution >= 0.6 is 23.2 Å². The number of nitrogens with zero attached hydrogens (tertiary/aromatic N) is 1. The number of aryl methyl sites for hydroxylation is 1. The maximum atomic E-state index is 11.9. The van der Waals surface area contributed by atoms with Crippen LogP contribution in [0.15, 0.2) is 36.4 Å². The van der Waals surface area contributed by atoms with Gasteiger partial charge in [-0.15, -0.1) is 0 Å². The summed E-state index contributed by atoms with van der Waals surface area (Å²) in [4.78, 5) is 11.9. The van der Waals surface area contributed by atoms with Gasteiger partial charge in [0.1, 0.15) is 11.8 Å². The zero-order chi connectivity index (χ0) is 16.1. The van der Waals surface area contributed by atoms with Crippen LogP contribution in [0.5, 0.6) is 5.75 Å². The Morgan fingerprint density at radius 2 is 2.05 bits per heavy atom. The average molecular weight is 335 g/mol. The van der Waals surface area contributed by atoms with Gasteiger partial charge in [0.25, 0.3) is 5.91 Å². The molecule has 2 rings (SSSR count). The topological polar surface area (TPSA) is 62.1 Å². The lowest BCUT2D eigenvalue weighted by molar-refractivity contribution is -0.118. The molecule has 0 spiro atoms. The lowest BCUT2D eigenvalue weighted by Crippen LogP contribution is -2.20. The molecule has 0 fully saturated rings. The lowest BCUT2D eigenvalue weighted by Gasteiger charge is -2.10. The van der Waals surface area contributed by atoms with E-state index in [9.17, 15) is 4.79 Å². The number of halogens is 2. The fourth-order valence-electron chi connectivity index (χ4n) is 1.77. The van der Waals surface area contributed by atoms with Crippen LogP contribution in [0, 0.1) is 18.3 Å². The third-order valence-electron chi connectivity index (χ3n) is 2.82. The fourth-order valence-corrected chi connectivity index (χ4v) is 2.11. The highest BCUT2D eigenvalue weighted by atomic mass is 35.5. The van der Waals surface area contributed by atoms with Crippen LogP contribution in [0.25, 0.3) is 0 Å². The minimum Gasteiger partial charge on any atom is -0.482 e. The molecule has 0 radical (unpaired) electrons. The number of benzene rings is 2. The Morgan fingerprint density at radius 3 is 2.77 bits per heavy atom. The minimum absolute atomic E-state index is 0.222. The monoisotopic (exact) mass is 334 g/mol. The number of carbonyl (C=O) groups excluding carboxylic acids is 1. The normalized spacial score (nSPS) is 9.91. The fraction of sp³-hybridized carbons (Fsp3) is 0.125. The van der Waals surface area contributed by atoms with Gasteiger partial charge in [-0.3, -0.25) is 4.79 Å². The summed E-state index contributed by atoms with van der Waals surface area (Å²) in [7, 11) is 0. The SMILES string of the molecule is Cc1ccc(Cl)c(OCC(=O)Nc2cc(Cl)ccc2C#N)c1. The van der Waals surface area contributed by atoms with Crippen molar-refractivity contribution in [3.8, 4) is 11.8 Å². The Kier molecular flexibility index (Phi) is 5.26.